The highest BCUT2D eigenvalue weighted by molar-refractivity contribution is 7.15. The van der Waals surface area contributed by atoms with Crippen LogP contribution in [-0.2, 0) is 12.7 Å². The van der Waals surface area contributed by atoms with Crippen LogP contribution < -0.4 is 5.32 Å². The van der Waals surface area contributed by atoms with Crippen LogP contribution in [-0.4, -0.2) is 10.2 Å². The lowest BCUT2D eigenvalue weighted by Crippen LogP contribution is -2.06. The fraction of sp³-hybridized carbons (Fsp3) is 0.273. The van der Waals surface area contributed by atoms with E-state index in [1.807, 2.05) is 6.92 Å². The van der Waals surface area contributed by atoms with Crippen molar-refractivity contribution in [1.82, 2.24) is 10.2 Å². The number of hydrogen-bond acceptors (Lipinski definition) is 4. The van der Waals surface area contributed by atoms with Crippen molar-refractivity contribution in [3.63, 3.8) is 0 Å². The number of hydrogen-bond donors (Lipinski definition) is 1. The largest absolute Gasteiger partial charge is 0.416 e. The summed E-state index contributed by atoms with van der Waals surface area (Å²) in [7, 11) is 0. The minimum absolute atomic E-state index is 0.290. The number of halogens is 3. The van der Waals surface area contributed by atoms with E-state index in [1.165, 1.54) is 17.4 Å². The monoisotopic (exact) mass is 273 g/mol. The standard InChI is InChI=1S/C11H10F3N3S/c1-7-16-17-10(18-7)15-6-8-3-2-4-9(5-8)11(12,13)14/h2-5H,6H2,1H3,(H,15,17). The zero-order chi connectivity index (χ0) is 13.2. The maximum Gasteiger partial charge on any atom is 0.416 e. The summed E-state index contributed by atoms with van der Waals surface area (Å²) in [4.78, 5) is 0. The van der Waals surface area contributed by atoms with E-state index in [-0.39, 0.29) is 0 Å². The molecule has 0 bridgehead atoms. The predicted molar refractivity (Wildman–Crippen MR) is 63.4 cm³/mol. The molecule has 0 spiro atoms. The van der Waals surface area contributed by atoms with Crippen LogP contribution in [0.15, 0.2) is 24.3 Å². The normalized spacial score (nSPS) is 11.6. The van der Waals surface area contributed by atoms with Gasteiger partial charge in [-0.25, -0.2) is 0 Å². The molecule has 0 aliphatic heterocycles. The van der Waals surface area contributed by atoms with Gasteiger partial charge >= 0.3 is 6.18 Å². The molecule has 1 heterocycles. The van der Waals surface area contributed by atoms with Crippen molar-refractivity contribution in [2.75, 3.05) is 5.32 Å². The smallest absolute Gasteiger partial charge is 0.356 e. The third-order valence-electron chi connectivity index (χ3n) is 2.22. The van der Waals surface area contributed by atoms with Crippen LogP contribution in [0.3, 0.4) is 0 Å². The number of aromatic nitrogens is 2. The van der Waals surface area contributed by atoms with Crippen LogP contribution in [0, 0.1) is 6.92 Å². The Morgan fingerprint density at radius 1 is 1.28 bits per heavy atom. The molecule has 0 saturated heterocycles. The van der Waals surface area contributed by atoms with Gasteiger partial charge in [0, 0.05) is 6.54 Å². The maximum absolute atomic E-state index is 12.5. The van der Waals surface area contributed by atoms with E-state index < -0.39 is 11.7 Å². The Labute approximate surface area is 106 Å². The summed E-state index contributed by atoms with van der Waals surface area (Å²) in [5.41, 5.74) is -0.0899. The van der Waals surface area contributed by atoms with Crippen molar-refractivity contribution in [3.05, 3.63) is 40.4 Å². The second-order valence-electron chi connectivity index (χ2n) is 3.68. The van der Waals surface area contributed by atoms with Crippen LogP contribution in [0.5, 0.6) is 0 Å². The lowest BCUT2D eigenvalue weighted by molar-refractivity contribution is -0.137. The summed E-state index contributed by atoms with van der Waals surface area (Å²) in [5, 5.41) is 12.0. The van der Waals surface area contributed by atoms with E-state index in [9.17, 15) is 13.2 Å². The van der Waals surface area contributed by atoms with Gasteiger partial charge in [-0.15, -0.1) is 10.2 Å². The highest BCUT2D eigenvalue weighted by atomic mass is 32.1. The number of anilines is 1. The molecule has 18 heavy (non-hydrogen) atoms. The molecule has 0 fully saturated rings. The van der Waals surface area contributed by atoms with Gasteiger partial charge in [-0.05, 0) is 24.6 Å². The molecular formula is C11H10F3N3S. The zero-order valence-electron chi connectivity index (χ0n) is 9.45. The number of benzene rings is 1. The third kappa shape index (κ3) is 3.19. The Balaban J connectivity index is 2.06. The second kappa shape index (κ2) is 4.93. The van der Waals surface area contributed by atoms with E-state index in [2.05, 4.69) is 15.5 Å². The van der Waals surface area contributed by atoms with Gasteiger partial charge < -0.3 is 5.32 Å². The number of aryl methyl sites for hydroxylation is 1. The average molecular weight is 273 g/mol. The van der Waals surface area contributed by atoms with Crippen LogP contribution in [0.4, 0.5) is 18.3 Å². The molecule has 3 nitrogen and oxygen atoms in total. The molecule has 0 unspecified atom stereocenters. The molecule has 0 saturated carbocycles. The summed E-state index contributed by atoms with van der Waals surface area (Å²) in [6.45, 7) is 2.10. The molecule has 7 heteroatoms. The third-order valence-corrected chi connectivity index (χ3v) is 3.02. The van der Waals surface area contributed by atoms with Gasteiger partial charge in [0.05, 0.1) is 5.56 Å². The first-order valence-corrected chi connectivity index (χ1v) is 5.97. The van der Waals surface area contributed by atoms with E-state index in [4.69, 9.17) is 0 Å². The summed E-state index contributed by atoms with van der Waals surface area (Å²) in [6, 6.07) is 5.21. The maximum atomic E-state index is 12.5. The highest BCUT2D eigenvalue weighted by Crippen LogP contribution is 2.29. The molecule has 96 valence electrons. The minimum atomic E-state index is -4.31. The van der Waals surface area contributed by atoms with Crippen molar-refractivity contribution in [2.45, 2.75) is 19.6 Å². The lowest BCUT2D eigenvalue weighted by Gasteiger charge is -2.08. The first-order valence-electron chi connectivity index (χ1n) is 5.15. The summed E-state index contributed by atoms with van der Waals surface area (Å²) in [5.74, 6) is 0. The van der Waals surface area contributed by atoms with Gasteiger partial charge in [-0.1, -0.05) is 23.5 Å². The van der Waals surface area contributed by atoms with Crippen LogP contribution >= 0.6 is 11.3 Å². The summed E-state index contributed by atoms with van der Waals surface area (Å²) >= 11 is 1.36. The van der Waals surface area contributed by atoms with E-state index in [0.29, 0.717) is 17.2 Å². The van der Waals surface area contributed by atoms with Crippen molar-refractivity contribution in [2.24, 2.45) is 0 Å². The van der Waals surface area contributed by atoms with E-state index in [1.54, 1.807) is 6.07 Å². The fourth-order valence-corrected chi connectivity index (χ4v) is 1.99. The Hall–Kier alpha value is -1.63. The van der Waals surface area contributed by atoms with Crippen molar-refractivity contribution >= 4 is 16.5 Å². The number of nitrogens with one attached hydrogen (secondary N) is 1. The minimum Gasteiger partial charge on any atom is -0.356 e. The Morgan fingerprint density at radius 3 is 2.67 bits per heavy atom. The average Bonchev–Trinajstić information content (AvgIpc) is 2.72. The van der Waals surface area contributed by atoms with Gasteiger partial charge in [0.2, 0.25) is 5.13 Å². The van der Waals surface area contributed by atoms with Crippen molar-refractivity contribution in [1.29, 1.82) is 0 Å². The first-order chi connectivity index (χ1) is 8.45. The highest BCUT2D eigenvalue weighted by Gasteiger charge is 2.30. The molecule has 1 aromatic carbocycles. The zero-order valence-corrected chi connectivity index (χ0v) is 10.3. The Kier molecular flexibility index (Phi) is 3.51. The summed E-state index contributed by atoms with van der Waals surface area (Å²) < 4.78 is 37.5. The molecule has 0 aliphatic rings. The van der Waals surface area contributed by atoms with Gasteiger partial charge in [0.1, 0.15) is 5.01 Å². The topological polar surface area (TPSA) is 37.8 Å². The number of rotatable bonds is 3. The van der Waals surface area contributed by atoms with Crippen molar-refractivity contribution in [3.8, 4) is 0 Å². The van der Waals surface area contributed by atoms with Crippen LogP contribution in [0.2, 0.25) is 0 Å². The molecule has 0 aliphatic carbocycles. The van der Waals surface area contributed by atoms with Crippen LogP contribution in [0.1, 0.15) is 16.1 Å². The van der Waals surface area contributed by atoms with Crippen LogP contribution in [0.25, 0.3) is 0 Å². The van der Waals surface area contributed by atoms with Crippen molar-refractivity contribution < 1.29 is 13.2 Å². The predicted octanol–water partition coefficient (Wildman–Crippen LogP) is 3.48. The Bertz CT molecular complexity index is 536. The molecular weight excluding hydrogens is 263 g/mol. The molecule has 2 rings (SSSR count). The van der Waals surface area contributed by atoms with Gasteiger partial charge in [0.25, 0.3) is 0 Å². The van der Waals surface area contributed by atoms with E-state index in [0.717, 1.165) is 17.1 Å². The lowest BCUT2D eigenvalue weighted by atomic mass is 10.1. The van der Waals surface area contributed by atoms with Gasteiger partial charge in [0.15, 0.2) is 0 Å². The number of alkyl halides is 3. The van der Waals surface area contributed by atoms with E-state index >= 15 is 0 Å². The molecule has 1 aromatic heterocycles. The molecule has 0 amide bonds. The SMILES string of the molecule is Cc1nnc(NCc2cccc(C(F)(F)F)c2)s1. The summed E-state index contributed by atoms with van der Waals surface area (Å²) in [6.07, 6.45) is -4.31. The van der Waals surface area contributed by atoms with Gasteiger partial charge in [-0.2, -0.15) is 13.2 Å². The molecule has 1 N–H and O–H groups in total. The molecule has 0 atom stereocenters. The quantitative estimate of drug-likeness (QED) is 0.930. The molecule has 2 aromatic rings. The Morgan fingerprint density at radius 2 is 2.06 bits per heavy atom. The first kappa shape index (κ1) is 12.8. The van der Waals surface area contributed by atoms with Gasteiger partial charge in [-0.3, -0.25) is 0 Å². The fourth-order valence-electron chi connectivity index (χ4n) is 1.40. The number of nitrogens with zero attached hydrogens (tertiary/aromatic N) is 2. The molecule has 0 radical (unpaired) electrons. The second-order valence-corrected chi connectivity index (χ2v) is 4.86.